The van der Waals surface area contributed by atoms with Crippen LogP contribution >= 0.6 is 22.6 Å². The van der Waals surface area contributed by atoms with E-state index in [2.05, 4.69) is 22.6 Å². The molecule has 0 aliphatic carbocycles. The van der Waals surface area contributed by atoms with Crippen LogP contribution in [-0.2, 0) is 9.53 Å². The van der Waals surface area contributed by atoms with Crippen LogP contribution in [0, 0.1) is 3.57 Å². The summed E-state index contributed by atoms with van der Waals surface area (Å²) in [7, 11) is 4.02. The molecule has 0 aliphatic heterocycles. The summed E-state index contributed by atoms with van der Waals surface area (Å²) in [6.07, 6.45) is 0. The Morgan fingerprint density at radius 3 is 2.44 bits per heavy atom. The average Bonchev–Trinajstić information content (AvgIpc) is 2.28. The first-order valence-corrected chi connectivity index (χ1v) is 6.49. The largest absolute Gasteiger partial charge is 1.00 e. The third-order valence-corrected chi connectivity index (χ3v) is 2.75. The first-order valence-electron chi connectivity index (χ1n) is 5.41. The van der Waals surface area contributed by atoms with Gasteiger partial charge in [-0.15, -0.1) is 0 Å². The highest BCUT2D eigenvalue weighted by molar-refractivity contribution is 14.1. The number of hydrogen-bond acceptors (Lipinski definition) is 3. The standard InChI is InChI=1S/C12H16INO3.ClH/c1-14(2)7-8-16-12(15)9-17-11-5-3-10(13)4-6-11;/h3-6H,7-9H2,1-2H3;1H. The van der Waals surface area contributed by atoms with Gasteiger partial charge >= 0.3 is 5.97 Å². The minimum absolute atomic E-state index is 0. The predicted octanol–water partition coefficient (Wildman–Crippen LogP) is -2.64. The van der Waals surface area contributed by atoms with Crippen LogP contribution in [0.25, 0.3) is 0 Å². The first kappa shape index (κ1) is 17.5. The van der Waals surface area contributed by atoms with Crippen molar-refractivity contribution in [3.63, 3.8) is 0 Å². The SMILES string of the molecule is C[NH+](C)CCOC(=O)COc1ccc(I)cc1.[Cl-]. The molecule has 4 nitrogen and oxygen atoms in total. The van der Waals surface area contributed by atoms with Crippen molar-refractivity contribution in [1.29, 1.82) is 0 Å². The van der Waals surface area contributed by atoms with E-state index in [9.17, 15) is 4.79 Å². The van der Waals surface area contributed by atoms with Crippen molar-refractivity contribution in [3.8, 4) is 5.75 Å². The number of hydrogen-bond donors (Lipinski definition) is 1. The van der Waals surface area contributed by atoms with Gasteiger partial charge in [0.1, 0.15) is 18.9 Å². The Bertz CT molecular complexity index is 357. The van der Waals surface area contributed by atoms with E-state index in [1.807, 2.05) is 38.4 Å². The van der Waals surface area contributed by atoms with Crippen LogP contribution < -0.4 is 22.0 Å². The van der Waals surface area contributed by atoms with E-state index >= 15 is 0 Å². The summed E-state index contributed by atoms with van der Waals surface area (Å²) in [5.41, 5.74) is 0. The van der Waals surface area contributed by atoms with Gasteiger partial charge in [-0.05, 0) is 46.9 Å². The Kier molecular flexibility index (Phi) is 9.13. The molecule has 0 unspecified atom stereocenters. The Morgan fingerprint density at radius 2 is 1.89 bits per heavy atom. The normalized spacial score (nSPS) is 9.78. The molecule has 0 heterocycles. The van der Waals surface area contributed by atoms with Crippen molar-refractivity contribution in [1.82, 2.24) is 0 Å². The van der Waals surface area contributed by atoms with Crippen LogP contribution in [0.5, 0.6) is 5.75 Å². The predicted molar refractivity (Wildman–Crippen MR) is 73.3 cm³/mol. The van der Waals surface area contributed by atoms with Gasteiger partial charge in [-0.1, -0.05) is 0 Å². The molecule has 0 aromatic heterocycles. The second-order valence-electron chi connectivity index (χ2n) is 3.92. The minimum atomic E-state index is -0.329. The van der Waals surface area contributed by atoms with E-state index in [0.29, 0.717) is 12.4 Å². The molecule has 0 radical (unpaired) electrons. The fourth-order valence-corrected chi connectivity index (χ4v) is 1.44. The van der Waals surface area contributed by atoms with Gasteiger partial charge in [-0.2, -0.15) is 0 Å². The van der Waals surface area contributed by atoms with Crippen LogP contribution in [0.1, 0.15) is 0 Å². The molecule has 0 spiro atoms. The van der Waals surface area contributed by atoms with E-state index in [0.717, 1.165) is 10.1 Å². The molecular formula is C12H17ClINO3. The van der Waals surface area contributed by atoms with Gasteiger partial charge in [0.05, 0.1) is 14.1 Å². The number of ether oxygens (including phenoxy) is 2. The summed E-state index contributed by atoms with van der Waals surface area (Å²) in [4.78, 5) is 12.6. The van der Waals surface area contributed by atoms with Gasteiger partial charge in [-0.25, -0.2) is 4.79 Å². The molecule has 0 atom stereocenters. The van der Waals surface area contributed by atoms with E-state index in [1.165, 1.54) is 4.90 Å². The second kappa shape index (κ2) is 9.41. The minimum Gasteiger partial charge on any atom is -1.00 e. The lowest BCUT2D eigenvalue weighted by Crippen LogP contribution is -3.06. The van der Waals surface area contributed by atoms with Gasteiger partial charge in [-0.3, -0.25) is 0 Å². The molecular weight excluding hydrogens is 368 g/mol. The van der Waals surface area contributed by atoms with Gasteiger partial charge in [0.25, 0.3) is 0 Å². The van der Waals surface area contributed by atoms with Crippen molar-refractivity contribution < 1.29 is 31.6 Å². The van der Waals surface area contributed by atoms with E-state index in [-0.39, 0.29) is 25.0 Å². The monoisotopic (exact) mass is 385 g/mol. The topological polar surface area (TPSA) is 40.0 Å². The Labute approximate surface area is 127 Å². The van der Waals surface area contributed by atoms with Crippen molar-refractivity contribution in [2.45, 2.75) is 0 Å². The van der Waals surface area contributed by atoms with Gasteiger partial charge in [0.2, 0.25) is 0 Å². The summed E-state index contributed by atoms with van der Waals surface area (Å²) in [6.45, 7) is 1.19. The molecule has 0 bridgehead atoms. The molecule has 102 valence electrons. The van der Waals surface area contributed by atoms with Gasteiger partial charge in [0.15, 0.2) is 6.61 Å². The van der Waals surface area contributed by atoms with Crippen LogP contribution in [-0.4, -0.2) is 39.8 Å². The molecule has 1 aromatic carbocycles. The molecule has 18 heavy (non-hydrogen) atoms. The van der Waals surface area contributed by atoms with Crippen molar-refractivity contribution in [2.24, 2.45) is 0 Å². The molecule has 1 rings (SSSR count). The summed E-state index contributed by atoms with van der Waals surface area (Å²) >= 11 is 2.21. The number of halogens is 2. The Morgan fingerprint density at radius 1 is 1.28 bits per heavy atom. The van der Waals surface area contributed by atoms with Crippen LogP contribution in [0.4, 0.5) is 0 Å². The van der Waals surface area contributed by atoms with Gasteiger partial charge < -0.3 is 26.8 Å². The number of esters is 1. The zero-order valence-electron chi connectivity index (χ0n) is 10.4. The molecule has 0 fully saturated rings. The van der Waals surface area contributed by atoms with Crippen LogP contribution in [0.3, 0.4) is 0 Å². The summed E-state index contributed by atoms with van der Waals surface area (Å²) in [5, 5.41) is 0. The molecule has 6 heteroatoms. The highest BCUT2D eigenvalue weighted by Crippen LogP contribution is 2.13. The summed E-state index contributed by atoms with van der Waals surface area (Å²) in [6, 6.07) is 7.52. The number of nitrogens with one attached hydrogen (secondary N) is 1. The lowest BCUT2D eigenvalue weighted by atomic mass is 10.3. The molecule has 1 N–H and O–H groups in total. The van der Waals surface area contributed by atoms with E-state index in [4.69, 9.17) is 9.47 Å². The van der Waals surface area contributed by atoms with E-state index in [1.54, 1.807) is 0 Å². The Hall–Kier alpha value is -0.530. The van der Waals surface area contributed by atoms with Crippen molar-refractivity contribution in [3.05, 3.63) is 27.8 Å². The average molecular weight is 386 g/mol. The highest BCUT2D eigenvalue weighted by Gasteiger charge is 2.05. The zero-order chi connectivity index (χ0) is 12.7. The third-order valence-electron chi connectivity index (χ3n) is 2.04. The smallest absolute Gasteiger partial charge is 0.344 e. The van der Waals surface area contributed by atoms with Crippen molar-refractivity contribution in [2.75, 3.05) is 33.9 Å². The molecule has 0 saturated carbocycles. The van der Waals surface area contributed by atoms with Crippen LogP contribution in [0.15, 0.2) is 24.3 Å². The van der Waals surface area contributed by atoms with Crippen LogP contribution in [0.2, 0.25) is 0 Å². The first-order chi connectivity index (χ1) is 8.08. The highest BCUT2D eigenvalue weighted by atomic mass is 127. The zero-order valence-corrected chi connectivity index (χ0v) is 13.3. The number of benzene rings is 1. The van der Waals surface area contributed by atoms with Gasteiger partial charge in [0, 0.05) is 3.57 Å². The molecule has 0 amide bonds. The number of carbonyl (C=O) groups excluding carboxylic acids is 1. The number of likely N-dealkylation sites (N-methyl/N-ethyl adjacent to an activating group) is 1. The molecule has 1 aromatic rings. The van der Waals surface area contributed by atoms with Crippen molar-refractivity contribution >= 4 is 28.6 Å². The fourth-order valence-electron chi connectivity index (χ4n) is 1.08. The lowest BCUT2D eigenvalue weighted by molar-refractivity contribution is -0.858. The van der Waals surface area contributed by atoms with E-state index < -0.39 is 0 Å². The quantitative estimate of drug-likeness (QED) is 0.430. The Balaban J connectivity index is 0.00000289. The maximum atomic E-state index is 11.3. The molecule has 0 saturated heterocycles. The second-order valence-corrected chi connectivity index (χ2v) is 5.17. The number of rotatable bonds is 6. The molecule has 0 aliphatic rings. The third kappa shape index (κ3) is 7.73. The number of quaternary nitrogens is 1. The maximum Gasteiger partial charge on any atom is 0.344 e. The summed E-state index contributed by atoms with van der Waals surface area (Å²) < 4.78 is 11.4. The lowest BCUT2D eigenvalue weighted by Gasteiger charge is -2.09. The summed E-state index contributed by atoms with van der Waals surface area (Å²) in [5.74, 6) is 0.352. The maximum absolute atomic E-state index is 11.3. The fraction of sp³-hybridized carbons (Fsp3) is 0.417. The number of carbonyl (C=O) groups is 1.